The average molecular weight is 510 g/mol. The topological polar surface area (TPSA) is 164 Å². The number of carbonyl (C=O) groups excluding carboxylic acids is 2. The van der Waals surface area contributed by atoms with E-state index in [1.807, 2.05) is 0 Å². The third-order valence-corrected chi connectivity index (χ3v) is 11.0. The van der Waals surface area contributed by atoms with Crippen LogP contribution >= 0.6 is 0 Å². The fraction of sp³-hybridized carbons (Fsp3) is 0.833. The van der Waals surface area contributed by atoms with Gasteiger partial charge in [0.2, 0.25) is 0 Å². The summed E-state index contributed by atoms with van der Waals surface area (Å²) in [4.78, 5) is 51.9. The van der Waals surface area contributed by atoms with Gasteiger partial charge in [0.15, 0.2) is 17.0 Å². The van der Waals surface area contributed by atoms with Gasteiger partial charge in [-0.2, -0.15) is 0 Å². The van der Waals surface area contributed by atoms with Crippen LogP contribution in [-0.4, -0.2) is 86.3 Å². The molecule has 0 spiro atoms. The summed E-state index contributed by atoms with van der Waals surface area (Å²) in [6.45, 7) is 2.32. The minimum Gasteiger partial charge on any atom is -0.481 e. The number of ether oxygens (including phenoxy) is 6. The molecule has 0 radical (unpaired) electrons. The maximum Gasteiger partial charge on any atom is 0.319 e. The fourth-order valence-corrected chi connectivity index (χ4v) is 11.0. The van der Waals surface area contributed by atoms with Crippen molar-refractivity contribution in [2.45, 2.75) is 37.6 Å². The quantitative estimate of drug-likeness (QED) is 0.332. The van der Waals surface area contributed by atoms with Crippen molar-refractivity contribution in [1.82, 2.24) is 0 Å². The van der Waals surface area contributed by atoms with Gasteiger partial charge in [-0.05, 0) is 23.7 Å². The Kier molecular flexibility index (Phi) is 4.53. The predicted molar refractivity (Wildman–Crippen MR) is 113 cm³/mol. The van der Waals surface area contributed by atoms with Gasteiger partial charge >= 0.3 is 23.9 Å². The smallest absolute Gasteiger partial charge is 0.319 e. The molecule has 6 saturated carbocycles. The van der Waals surface area contributed by atoms with Gasteiger partial charge in [0.1, 0.15) is 17.6 Å². The van der Waals surface area contributed by atoms with Crippen LogP contribution in [0.3, 0.4) is 0 Å². The van der Waals surface area contributed by atoms with E-state index >= 15 is 0 Å². The number of hydrogen-bond donors (Lipinski definition) is 2. The lowest BCUT2D eigenvalue weighted by Crippen LogP contribution is -2.77. The van der Waals surface area contributed by atoms with E-state index in [9.17, 15) is 29.4 Å². The molecular formula is C24H30O12. The second-order valence-corrected chi connectivity index (χ2v) is 11.0. The van der Waals surface area contributed by atoms with Crippen LogP contribution in [0.15, 0.2) is 0 Å². The maximum atomic E-state index is 13.5. The van der Waals surface area contributed by atoms with E-state index in [0.29, 0.717) is 0 Å². The van der Waals surface area contributed by atoms with Crippen LogP contribution in [0, 0.1) is 58.2 Å². The second-order valence-electron chi connectivity index (χ2n) is 11.0. The van der Waals surface area contributed by atoms with Gasteiger partial charge < -0.3 is 38.6 Å². The van der Waals surface area contributed by atoms with Crippen molar-refractivity contribution in [2.75, 3.05) is 28.4 Å². The van der Waals surface area contributed by atoms with Crippen LogP contribution < -0.4 is 0 Å². The lowest BCUT2D eigenvalue weighted by atomic mass is 9.33. The second kappa shape index (κ2) is 6.77. The molecule has 10 unspecified atom stereocenters. The van der Waals surface area contributed by atoms with Crippen LogP contribution in [0.25, 0.3) is 0 Å². The average Bonchev–Trinajstić information content (AvgIpc) is 3.32. The van der Waals surface area contributed by atoms with E-state index in [0.717, 1.165) is 6.92 Å². The molecular weight excluding hydrogens is 480 g/mol. The van der Waals surface area contributed by atoms with E-state index in [1.54, 1.807) is 0 Å². The van der Waals surface area contributed by atoms with E-state index in [2.05, 4.69) is 0 Å². The highest BCUT2D eigenvalue weighted by atomic mass is 16.7. The first-order chi connectivity index (χ1) is 17.0. The van der Waals surface area contributed by atoms with Crippen LogP contribution in [0.5, 0.6) is 0 Å². The van der Waals surface area contributed by atoms with Crippen molar-refractivity contribution in [1.29, 1.82) is 0 Å². The van der Waals surface area contributed by atoms with E-state index in [4.69, 9.17) is 28.4 Å². The third kappa shape index (κ3) is 1.86. The number of methoxy groups -OCH3 is 4. The number of carbonyl (C=O) groups is 4. The summed E-state index contributed by atoms with van der Waals surface area (Å²) in [6.07, 6.45) is -2.82. The molecule has 0 aromatic carbocycles. The van der Waals surface area contributed by atoms with Gasteiger partial charge in [0.25, 0.3) is 0 Å². The van der Waals surface area contributed by atoms with Crippen molar-refractivity contribution in [3.63, 3.8) is 0 Å². The van der Waals surface area contributed by atoms with Gasteiger partial charge in [-0.3, -0.25) is 19.2 Å². The molecule has 0 saturated heterocycles. The molecule has 0 aromatic rings. The number of fused-ring (bicyclic) bond motifs is 1. The molecule has 198 valence electrons. The lowest BCUT2D eigenvalue weighted by molar-refractivity contribution is -0.326. The highest BCUT2D eigenvalue weighted by Crippen LogP contribution is 2.93. The standard InChI is InChI=1S/C24H30O12/c1-7(25)35-17-14-11-9-10-12(11)22(20(29)30,24(14,33-5)34-6)18(36-8(2)26)15-13(10)23(31-3,32-4)16(9)21(15,17)19(27)28/h9-18H,1-6H3,(H,27,28)(H,29,30)/t9?,10?,11?,12?,13?,14?,15?,16?,17-,18?,21+,22?/m1/s1. The highest BCUT2D eigenvalue weighted by Gasteiger charge is 3.03. The van der Waals surface area contributed by atoms with Crippen molar-refractivity contribution in [3.8, 4) is 0 Å². The highest BCUT2D eigenvalue weighted by molar-refractivity contribution is 5.86. The number of aliphatic carboxylic acids is 2. The zero-order valence-corrected chi connectivity index (χ0v) is 20.8. The summed E-state index contributed by atoms with van der Waals surface area (Å²) in [5.41, 5.74) is -3.83. The minimum absolute atomic E-state index is 0.298. The molecule has 6 aliphatic rings. The Hall–Kier alpha value is -2.28. The van der Waals surface area contributed by atoms with Crippen molar-refractivity contribution >= 4 is 23.9 Å². The fourth-order valence-electron chi connectivity index (χ4n) is 11.0. The Balaban J connectivity index is 1.77. The first-order valence-electron chi connectivity index (χ1n) is 12.0. The molecule has 36 heavy (non-hydrogen) atoms. The van der Waals surface area contributed by atoms with Crippen LogP contribution in [0.1, 0.15) is 13.8 Å². The normalized spacial score (nSPS) is 50.6. The number of carboxylic acid groups (broad SMARTS) is 2. The van der Waals surface area contributed by atoms with Crippen LogP contribution in [0.2, 0.25) is 0 Å². The summed E-state index contributed by atoms with van der Waals surface area (Å²) in [5, 5.41) is 22.0. The molecule has 0 aromatic heterocycles. The summed E-state index contributed by atoms with van der Waals surface area (Å²) in [7, 11) is 5.45. The van der Waals surface area contributed by atoms with Crippen LogP contribution in [-0.2, 0) is 47.6 Å². The van der Waals surface area contributed by atoms with E-state index in [-0.39, 0.29) is 11.8 Å². The van der Waals surface area contributed by atoms with Crippen molar-refractivity contribution < 1.29 is 57.8 Å². The molecule has 12 atom stereocenters. The van der Waals surface area contributed by atoms with Gasteiger partial charge in [0, 0.05) is 60.0 Å². The first-order valence-corrected chi connectivity index (χ1v) is 12.0. The minimum atomic E-state index is -1.95. The molecule has 12 nitrogen and oxygen atoms in total. The lowest BCUT2D eigenvalue weighted by Gasteiger charge is -2.69. The number of esters is 2. The predicted octanol–water partition coefficient (Wildman–Crippen LogP) is -0.0188. The molecule has 0 aliphatic heterocycles. The summed E-state index contributed by atoms with van der Waals surface area (Å²) < 4.78 is 35.5. The molecule has 6 rings (SSSR count). The largest absolute Gasteiger partial charge is 0.481 e. The number of rotatable bonds is 8. The molecule has 0 amide bonds. The Bertz CT molecular complexity index is 1080. The Morgan fingerprint density at radius 3 is 1.61 bits per heavy atom. The monoisotopic (exact) mass is 510 g/mol. The molecule has 12 heteroatoms. The molecule has 2 N–H and O–H groups in total. The van der Waals surface area contributed by atoms with Crippen molar-refractivity contribution in [3.05, 3.63) is 0 Å². The summed E-state index contributed by atoms with van der Waals surface area (Å²) >= 11 is 0. The number of carboxylic acids is 2. The summed E-state index contributed by atoms with van der Waals surface area (Å²) in [5.74, 6) is -12.6. The molecule has 2 bridgehead atoms. The Labute approximate surface area is 206 Å². The Morgan fingerprint density at radius 1 is 0.639 bits per heavy atom. The Morgan fingerprint density at radius 2 is 1.17 bits per heavy atom. The molecule has 0 heterocycles. The zero-order chi connectivity index (χ0) is 26.3. The van der Waals surface area contributed by atoms with Gasteiger partial charge in [-0.25, -0.2) is 0 Å². The van der Waals surface area contributed by atoms with Crippen LogP contribution in [0.4, 0.5) is 0 Å². The van der Waals surface area contributed by atoms with E-state index < -0.39 is 94.0 Å². The van der Waals surface area contributed by atoms with Gasteiger partial charge in [-0.1, -0.05) is 0 Å². The third-order valence-electron chi connectivity index (χ3n) is 11.0. The maximum absolute atomic E-state index is 13.5. The molecule has 6 fully saturated rings. The van der Waals surface area contributed by atoms with Crippen molar-refractivity contribution in [2.24, 2.45) is 58.2 Å². The van der Waals surface area contributed by atoms with E-state index in [1.165, 1.54) is 35.4 Å². The zero-order valence-electron chi connectivity index (χ0n) is 20.8. The van der Waals surface area contributed by atoms with Gasteiger partial charge in [-0.15, -0.1) is 0 Å². The number of hydrogen-bond acceptors (Lipinski definition) is 10. The SMILES string of the molecule is COC1(OC)C2C3C4C5C6[C@@H](OC(C)=O)[C@](C(=O)O)(C2C(OC(C)=O)C(C(=O)O)(C35)C6(OC)OC)C41. The molecule has 6 aliphatic carbocycles. The summed E-state index contributed by atoms with van der Waals surface area (Å²) in [6, 6.07) is 0. The first kappa shape index (κ1) is 24.1. The van der Waals surface area contributed by atoms with Gasteiger partial charge in [0.05, 0.1) is 5.92 Å².